The zero-order valence-electron chi connectivity index (χ0n) is 8.95. The fourth-order valence-electron chi connectivity index (χ4n) is 1.86. The van der Waals surface area contributed by atoms with Gasteiger partial charge in [-0.2, -0.15) is 0 Å². The van der Waals surface area contributed by atoms with Crippen LogP contribution in [0, 0.1) is 0 Å². The van der Waals surface area contributed by atoms with E-state index in [1.165, 1.54) is 0 Å². The van der Waals surface area contributed by atoms with Crippen molar-refractivity contribution in [3.63, 3.8) is 0 Å². The molecule has 0 bridgehead atoms. The molecule has 1 aromatic heterocycles. The number of benzene rings is 2. The lowest BCUT2D eigenvalue weighted by molar-refractivity contribution is 0.111. The predicted molar refractivity (Wildman–Crippen MR) is 64.3 cm³/mol. The van der Waals surface area contributed by atoms with Crippen LogP contribution in [-0.4, -0.2) is 21.3 Å². The van der Waals surface area contributed by atoms with Crippen LogP contribution in [0.1, 0.15) is 10.5 Å². The number of fused-ring (bicyclic) bond motifs is 1. The molecule has 0 N–H and O–H groups in total. The highest BCUT2D eigenvalue weighted by Gasteiger charge is 2.05. The number of aromatic nitrogens is 3. The van der Waals surface area contributed by atoms with Crippen molar-refractivity contribution in [2.24, 2.45) is 0 Å². The lowest BCUT2D eigenvalue weighted by atomic mass is 10.1. The van der Waals surface area contributed by atoms with Crippen LogP contribution in [0.3, 0.4) is 0 Å². The molecule has 0 spiro atoms. The molecule has 0 unspecified atom stereocenters. The molecule has 0 radical (unpaired) electrons. The molecule has 0 aliphatic carbocycles. The quantitative estimate of drug-likeness (QED) is 0.626. The number of carbonyl (C=O) groups is 1. The second-order valence-corrected chi connectivity index (χ2v) is 3.70. The van der Waals surface area contributed by atoms with E-state index in [1.807, 2.05) is 42.5 Å². The summed E-state index contributed by atoms with van der Waals surface area (Å²) in [5.41, 5.74) is 1.25. The summed E-state index contributed by atoms with van der Waals surface area (Å²) in [5, 5.41) is 9.92. The summed E-state index contributed by atoms with van der Waals surface area (Å²) in [5.74, 6) is 0. The van der Waals surface area contributed by atoms with Crippen LogP contribution in [0.25, 0.3) is 16.5 Å². The molecular weight excluding hydrogens is 214 g/mol. The number of carbonyl (C=O) groups excluding carboxylic acids is 1. The van der Waals surface area contributed by atoms with Gasteiger partial charge < -0.3 is 0 Å². The predicted octanol–water partition coefficient (Wildman–Crippen LogP) is 2.23. The number of aldehydes is 1. The molecule has 3 rings (SSSR count). The van der Waals surface area contributed by atoms with Crippen LogP contribution in [-0.2, 0) is 0 Å². The Hall–Kier alpha value is -2.49. The molecule has 0 fully saturated rings. The van der Waals surface area contributed by atoms with Gasteiger partial charge in [-0.25, -0.2) is 4.68 Å². The first-order valence-electron chi connectivity index (χ1n) is 5.24. The Morgan fingerprint density at radius 3 is 2.71 bits per heavy atom. The smallest absolute Gasteiger partial charge is 0.171 e. The Morgan fingerprint density at radius 2 is 1.88 bits per heavy atom. The Kier molecular flexibility index (Phi) is 2.19. The molecule has 3 aromatic rings. The molecule has 0 atom stereocenters. The molecule has 17 heavy (non-hydrogen) atoms. The highest BCUT2D eigenvalue weighted by atomic mass is 16.1. The van der Waals surface area contributed by atoms with Crippen molar-refractivity contribution in [3.8, 4) is 5.69 Å². The second-order valence-electron chi connectivity index (χ2n) is 3.70. The van der Waals surface area contributed by atoms with Gasteiger partial charge in [0.05, 0.1) is 11.9 Å². The molecule has 0 saturated carbocycles. The van der Waals surface area contributed by atoms with Crippen molar-refractivity contribution in [3.05, 3.63) is 54.4 Å². The first-order valence-corrected chi connectivity index (χ1v) is 5.24. The van der Waals surface area contributed by atoms with Gasteiger partial charge in [-0.1, -0.05) is 41.6 Å². The lowest BCUT2D eigenvalue weighted by Gasteiger charge is -2.04. The zero-order chi connectivity index (χ0) is 11.7. The molecule has 82 valence electrons. The van der Waals surface area contributed by atoms with Gasteiger partial charge in [0, 0.05) is 5.39 Å². The van der Waals surface area contributed by atoms with Crippen molar-refractivity contribution in [2.45, 2.75) is 0 Å². The topological polar surface area (TPSA) is 47.8 Å². The third-order valence-corrected chi connectivity index (χ3v) is 2.65. The number of hydrogen-bond acceptors (Lipinski definition) is 3. The fraction of sp³-hybridized carbons (Fsp3) is 0. The summed E-state index contributed by atoms with van der Waals surface area (Å²) < 4.78 is 1.62. The molecule has 0 amide bonds. The summed E-state index contributed by atoms with van der Waals surface area (Å²) in [6.07, 6.45) is 2.31. The van der Waals surface area contributed by atoms with E-state index in [0.717, 1.165) is 16.5 Å². The largest absolute Gasteiger partial charge is 0.296 e. The van der Waals surface area contributed by atoms with Crippen LogP contribution < -0.4 is 0 Å². The number of nitrogens with zero attached hydrogens (tertiary/aromatic N) is 3. The maximum Gasteiger partial charge on any atom is 0.171 e. The average molecular weight is 223 g/mol. The highest BCUT2D eigenvalue weighted by Crippen LogP contribution is 2.21. The maximum absolute atomic E-state index is 10.6. The number of hydrogen-bond donors (Lipinski definition) is 0. The Balaban J connectivity index is 2.26. The minimum Gasteiger partial charge on any atom is -0.296 e. The van der Waals surface area contributed by atoms with Crippen LogP contribution in [0.5, 0.6) is 0 Å². The molecule has 0 aliphatic heterocycles. The van der Waals surface area contributed by atoms with Crippen LogP contribution in [0.2, 0.25) is 0 Å². The Morgan fingerprint density at radius 1 is 1.06 bits per heavy atom. The summed E-state index contributed by atoms with van der Waals surface area (Å²) in [4.78, 5) is 10.6. The molecule has 1 heterocycles. The normalized spacial score (nSPS) is 10.6. The molecule has 4 nitrogen and oxygen atoms in total. The van der Waals surface area contributed by atoms with Gasteiger partial charge in [0.1, 0.15) is 5.69 Å². The maximum atomic E-state index is 10.6. The first kappa shape index (κ1) is 9.72. The SMILES string of the molecule is O=Cc1cn(-c2cccc3ccccc23)nn1. The zero-order valence-corrected chi connectivity index (χ0v) is 8.95. The molecular formula is C13H9N3O. The summed E-state index contributed by atoms with van der Waals surface area (Å²) >= 11 is 0. The standard InChI is InChI=1S/C13H9N3O/c17-9-11-8-16(15-14-11)13-7-3-5-10-4-1-2-6-12(10)13/h1-9H. The van der Waals surface area contributed by atoms with E-state index < -0.39 is 0 Å². The van der Waals surface area contributed by atoms with Gasteiger partial charge in [0.15, 0.2) is 6.29 Å². The summed E-state index contributed by atoms with van der Waals surface area (Å²) in [7, 11) is 0. The fourth-order valence-corrected chi connectivity index (χ4v) is 1.86. The van der Waals surface area contributed by atoms with Crippen molar-refractivity contribution in [1.29, 1.82) is 0 Å². The van der Waals surface area contributed by atoms with Gasteiger partial charge in [-0.3, -0.25) is 4.79 Å². The van der Waals surface area contributed by atoms with Crippen LogP contribution >= 0.6 is 0 Å². The van der Waals surface area contributed by atoms with E-state index in [9.17, 15) is 4.79 Å². The van der Waals surface area contributed by atoms with Crippen molar-refractivity contribution >= 4 is 17.1 Å². The van der Waals surface area contributed by atoms with E-state index in [4.69, 9.17) is 0 Å². The Labute approximate surface area is 97.5 Å². The minimum absolute atomic E-state index is 0.331. The third-order valence-electron chi connectivity index (χ3n) is 2.65. The van der Waals surface area contributed by atoms with E-state index >= 15 is 0 Å². The van der Waals surface area contributed by atoms with Crippen LogP contribution in [0.15, 0.2) is 48.7 Å². The molecule has 4 heteroatoms. The van der Waals surface area contributed by atoms with Gasteiger partial charge in [-0.05, 0) is 11.5 Å². The van der Waals surface area contributed by atoms with E-state index in [1.54, 1.807) is 10.9 Å². The first-order chi connectivity index (χ1) is 8.38. The summed E-state index contributed by atoms with van der Waals surface area (Å²) in [6, 6.07) is 14.0. The van der Waals surface area contributed by atoms with Gasteiger partial charge in [-0.15, -0.1) is 5.10 Å². The van der Waals surface area contributed by atoms with Crippen molar-refractivity contribution in [1.82, 2.24) is 15.0 Å². The number of rotatable bonds is 2. The summed E-state index contributed by atoms with van der Waals surface area (Å²) in [6.45, 7) is 0. The van der Waals surface area contributed by atoms with E-state index in [0.29, 0.717) is 12.0 Å². The molecule has 0 aliphatic rings. The third kappa shape index (κ3) is 1.59. The minimum atomic E-state index is 0.331. The van der Waals surface area contributed by atoms with E-state index in [-0.39, 0.29) is 0 Å². The van der Waals surface area contributed by atoms with Gasteiger partial charge in [0.2, 0.25) is 0 Å². The van der Waals surface area contributed by atoms with Crippen molar-refractivity contribution in [2.75, 3.05) is 0 Å². The van der Waals surface area contributed by atoms with Gasteiger partial charge >= 0.3 is 0 Å². The monoisotopic (exact) mass is 223 g/mol. The molecule has 0 saturated heterocycles. The van der Waals surface area contributed by atoms with E-state index in [2.05, 4.69) is 10.3 Å². The van der Waals surface area contributed by atoms with Crippen LogP contribution in [0.4, 0.5) is 0 Å². The lowest BCUT2D eigenvalue weighted by Crippen LogP contribution is -1.95. The second kappa shape index (κ2) is 3.83. The average Bonchev–Trinajstić information content (AvgIpc) is 2.87. The Bertz CT molecular complexity index is 682. The molecule has 2 aromatic carbocycles. The highest BCUT2D eigenvalue weighted by molar-refractivity contribution is 5.90. The van der Waals surface area contributed by atoms with Gasteiger partial charge in [0.25, 0.3) is 0 Å². The van der Waals surface area contributed by atoms with Crippen molar-refractivity contribution < 1.29 is 4.79 Å².